The smallest absolute Gasteiger partial charge is 0.306 e. The molecule has 0 amide bonds. The van der Waals surface area contributed by atoms with Gasteiger partial charge in [0.1, 0.15) is 13.2 Å². The molecule has 0 aliphatic carbocycles. The average molecular weight is 976 g/mol. The normalized spacial score (nSPS) is 11.9. The molecule has 0 saturated heterocycles. The molecule has 0 aliphatic heterocycles. The molecule has 6 nitrogen and oxygen atoms in total. The molecule has 410 valence electrons. The number of rotatable bonds is 59. The number of hydrogen-bond donors (Lipinski definition) is 0. The predicted octanol–water partition coefficient (Wildman–Crippen LogP) is 21.1. The van der Waals surface area contributed by atoms with Gasteiger partial charge in [-0.15, -0.1) is 0 Å². The van der Waals surface area contributed by atoms with Crippen molar-refractivity contribution in [3.8, 4) is 0 Å². The minimum absolute atomic E-state index is 0.0625. The third-order valence-electron chi connectivity index (χ3n) is 14.6. The van der Waals surface area contributed by atoms with Crippen molar-refractivity contribution in [2.45, 2.75) is 374 Å². The van der Waals surface area contributed by atoms with Crippen LogP contribution in [0.5, 0.6) is 0 Å². The van der Waals surface area contributed by atoms with Gasteiger partial charge in [0.25, 0.3) is 0 Å². The summed E-state index contributed by atoms with van der Waals surface area (Å²) in [6.45, 7) is 6.63. The van der Waals surface area contributed by atoms with Crippen molar-refractivity contribution in [1.82, 2.24) is 0 Å². The second kappa shape index (κ2) is 59.0. The van der Waals surface area contributed by atoms with Gasteiger partial charge in [-0.25, -0.2) is 0 Å². The molecule has 0 aromatic carbocycles. The SMILES string of the molecule is CCCCCCCCCCCCCCCCCCCCCCCCCCCCCCCC(=O)OCC(COC(=O)CCCCCCC)OC(=O)CCCCCCCCCCCCCCCCCCC. The van der Waals surface area contributed by atoms with E-state index < -0.39 is 6.10 Å². The van der Waals surface area contributed by atoms with E-state index in [1.165, 1.54) is 263 Å². The van der Waals surface area contributed by atoms with Crippen LogP contribution in [-0.2, 0) is 28.6 Å². The van der Waals surface area contributed by atoms with Crippen LogP contribution in [0.15, 0.2) is 0 Å². The quantitative estimate of drug-likeness (QED) is 0.0343. The highest BCUT2D eigenvalue weighted by Crippen LogP contribution is 2.19. The molecule has 0 N–H and O–H groups in total. The molecule has 0 radical (unpaired) electrons. The fraction of sp³-hybridized carbons (Fsp3) is 0.952. The molecule has 0 spiro atoms. The maximum atomic E-state index is 12.8. The molecule has 6 heteroatoms. The van der Waals surface area contributed by atoms with Gasteiger partial charge in [-0.1, -0.05) is 329 Å². The first-order chi connectivity index (χ1) is 34.0. The van der Waals surface area contributed by atoms with Gasteiger partial charge in [-0.3, -0.25) is 14.4 Å². The molecule has 0 saturated carbocycles. The zero-order chi connectivity index (χ0) is 50.0. The van der Waals surface area contributed by atoms with Crippen LogP contribution in [-0.4, -0.2) is 37.2 Å². The molecule has 0 aliphatic rings. The van der Waals surface area contributed by atoms with Crippen molar-refractivity contribution in [3.63, 3.8) is 0 Å². The monoisotopic (exact) mass is 975 g/mol. The topological polar surface area (TPSA) is 78.9 Å². The Kier molecular flexibility index (Phi) is 57.6. The molecular weight excluding hydrogens is 853 g/mol. The van der Waals surface area contributed by atoms with E-state index >= 15 is 0 Å². The van der Waals surface area contributed by atoms with Crippen LogP contribution in [0.25, 0.3) is 0 Å². The van der Waals surface area contributed by atoms with Crippen LogP contribution in [0.3, 0.4) is 0 Å². The zero-order valence-electron chi connectivity index (χ0n) is 47.1. The Morgan fingerprint density at radius 1 is 0.232 bits per heavy atom. The third kappa shape index (κ3) is 57.2. The number of carbonyl (C=O) groups excluding carboxylic acids is 3. The summed E-state index contributed by atoms with van der Waals surface area (Å²) in [7, 11) is 0. The van der Waals surface area contributed by atoms with E-state index in [1.54, 1.807) is 0 Å². The van der Waals surface area contributed by atoms with Gasteiger partial charge in [0, 0.05) is 19.3 Å². The molecule has 0 bridgehead atoms. The largest absolute Gasteiger partial charge is 0.462 e. The fourth-order valence-electron chi connectivity index (χ4n) is 9.86. The molecule has 0 aromatic rings. The van der Waals surface area contributed by atoms with E-state index in [2.05, 4.69) is 20.8 Å². The third-order valence-corrected chi connectivity index (χ3v) is 14.6. The minimum atomic E-state index is -0.759. The first-order valence-electron chi connectivity index (χ1n) is 31.5. The fourth-order valence-corrected chi connectivity index (χ4v) is 9.86. The lowest BCUT2D eigenvalue weighted by Gasteiger charge is -2.18. The maximum Gasteiger partial charge on any atom is 0.306 e. The highest BCUT2D eigenvalue weighted by molar-refractivity contribution is 5.71. The Morgan fingerprint density at radius 3 is 0.580 bits per heavy atom. The first kappa shape index (κ1) is 67.4. The average Bonchev–Trinajstić information content (AvgIpc) is 3.35. The lowest BCUT2D eigenvalue weighted by molar-refractivity contribution is -0.167. The molecule has 1 unspecified atom stereocenters. The summed E-state index contributed by atoms with van der Waals surface area (Å²) >= 11 is 0. The molecular formula is C63H122O6. The molecule has 1 atom stereocenters. The van der Waals surface area contributed by atoms with E-state index in [-0.39, 0.29) is 31.1 Å². The predicted molar refractivity (Wildman–Crippen MR) is 298 cm³/mol. The lowest BCUT2D eigenvalue weighted by Crippen LogP contribution is -2.30. The van der Waals surface area contributed by atoms with E-state index in [0.717, 1.165) is 64.2 Å². The van der Waals surface area contributed by atoms with Gasteiger partial charge in [-0.2, -0.15) is 0 Å². The summed E-state index contributed by atoms with van der Waals surface area (Å²) in [5.41, 5.74) is 0. The number of esters is 3. The Hall–Kier alpha value is -1.59. The van der Waals surface area contributed by atoms with Crippen molar-refractivity contribution in [2.75, 3.05) is 13.2 Å². The summed E-state index contributed by atoms with van der Waals surface area (Å²) in [4.78, 5) is 37.8. The summed E-state index contributed by atoms with van der Waals surface area (Å²) in [5, 5.41) is 0. The van der Waals surface area contributed by atoms with Crippen LogP contribution in [0, 0.1) is 0 Å². The Labute approximate surface area is 431 Å². The summed E-state index contributed by atoms with van der Waals surface area (Å²) in [6.07, 6.45) is 67.5. The van der Waals surface area contributed by atoms with Gasteiger partial charge in [0.15, 0.2) is 6.10 Å². The zero-order valence-corrected chi connectivity index (χ0v) is 47.1. The van der Waals surface area contributed by atoms with Crippen molar-refractivity contribution >= 4 is 17.9 Å². The summed E-state index contributed by atoms with van der Waals surface area (Å²) in [5.74, 6) is -0.849. The number of carbonyl (C=O) groups is 3. The number of hydrogen-bond acceptors (Lipinski definition) is 6. The molecule has 0 rings (SSSR count). The molecule has 69 heavy (non-hydrogen) atoms. The van der Waals surface area contributed by atoms with Crippen molar-refractivity contribution in [2.24, 2.45) is 0 Å². The van der Waals surface area contributed by atoms with Crippen LogP contribution in [0.2, 0.25) is 0 Å². The van der Waals surface area contributed by atoms with Crippen LogP contribution in [0.4, 0.5) is 0 Å². The van der Waals surface area contributed by atoms with E-state index in [1.807, 2.05) is 0 Å². The standard InChI is InChI=1S/C63H122O6/c1-4-7-10-13-15-17-19-21-23-25-26-27-28-29-30-31-32-33-34-35-36-38-39-41-43-45-47-50-53-56-62(65)68-59-60(58-67-61(64)55-52-49-12-9-6-3)69-63(66)57-54-51-48-46-44-42-40-37-24-22-20-18-16-14-11-8-5-2/h60H,4-59H2,1-3H3. The summed E-state index contributed by atoms with van der Waals surface area (Å²) < 4.78 is 16.8. The van der Waals surface area contributed by atoms with E-state index in [0.29, 0.717) is 19.3 Å². The first-order valence-corrected chi connectivity index (χ1v) is 31.5. The van der Waals surface area contributed by atoms with Gasteiger partial charge < -0.3 is 14.2 Å². The van der Waals surface area contributed by atoms with Gasteiger partial charge in [-0.05, 0) is 19.3 Å². The Balaban J connectivity index is 3.90. The van der Waals surface area contributed by atoms with Gasteiger partial charge in [0.2, 0.25) is 0 Å². The molecule has 0 aromatic heterocycles. The lowest BCUT2D eigenvalue weighted by atomic mass is 10.0. The minimum Gasteiger partial charge on any atom is -0.462 e. The molecule has 0 fully saturated rings. The van der Waals surface area contributed by atoms with Gasteiger partial charge >= 0.3 is 17.9 Å². The van der Waals surface area contributed by atoms with Gasteiger partial charge in [0.05, 0.1) is 0 Å². The Bertz CT molecular complexity index is 1030. The number of ether oxygens (including phenoxy) is 3. The highest BCUT2D eigenvalue weighted by Gasteiger charge is 2.19. The maximum absolute atomic E-state index is 12.8. The van der Waals surface area contributed by atoms with Crippen LogP contribution < -0.4 is 0 Å². The summed E-state index contributed by atoms with van der Waals surface area (Å²) in [6, 6.07) is 0. The number of unbranched alkanes of at least 4 members (excludes halogenated alkanes) is 48. The van der Waals surface area contributed by atoms with E-state index in [9.17, 15) is 14.4 Å². The molecule has 0 heterocycles. The van der Waals surface area contributed by atoms with Crippen LogP contribution in [0.1, 0.15) is 367 Å². The second-order valence-corrected chi connectivity index (χ2v) is 21.7. The van der Waals surface area contributed by atoms with E-state index in [4.69, 9.17) is 14.2 Å². The van der Waals surface area contributed by atoms with Crippen molar-refractivity contribution in [1.29, 1.82) is 0 Å². The van der Waals surface area contributed by atoms with Crippen LogP contribution >= 0.6 is 0 Å². The Morgan fingerprint density at radius 2 is 0.391 bits per heavy atom. The second-order valence-electron chi connectivity index (χ2n) is 21.7. The van der Waals surface area contributed by atoms with Crippen molar-refractivity contribution < 1.29 is 28.6 Å². The van der Waals surface area contributed by atoms with Crippen molar-refractivity contribution in [3.05, 3.63) is 0 Å². The highest BCUT2D eigenvalue weighted by atomic mass is 16.6.